The zero-order valence-corrected chi connectivity index (χ0v) is 13.3. The molecule has 1 saturated heterocycles. The number of rotatable bonds is 0. The van der Waals surface area contributed by atoms with E-state index < -0.39 is 0 Å². The van der Waals surface area contributed by atoms with Gasteiger partial charge < -0.3 is 4.74 Å². The molecule has 0 spiro atoms. The Morgan fingerprint density at radius 3 is 2.33 bits per heavy atom. The van der Waals surface area contributed by atoms with E-state index in [4.69, 9.17) is 4.74 Å². The molecule has 21 heavy (non-hydrogen) atoms. The van der Waals surface area contributed by atoms with Gasteiger partial charge >= 0.3 is 5.97 Å². The SMILES string of the molecule is CC1=CC(C)=C2C(C)=C(C)C=C3C(=O)OCC3=C2C(C)=C1. The molecular formula is C19H20O2. The molecule has 3 aliphatic rings. The first-order valence-corrected chi connectivity index (χ1v) is 7.28. The van der Waals surface area contributed by atoms with Gasteiger partial charge in [0.1, 0.15) is 6.61 Å². The molecule has 1 heterocycles. The summed E-state index contributed by atoms with van der Waals surface area (Å²) in [6.45, 7) is 11.0. The second-order valence-corrected chi connectivity index (χ2v) is 6.07. The molecule has 2 heteroatoms. The molecule has 0 saturated carbocycles. The van der Waals surface area contributed by atoms with Crippen LogP contribution in [0.2, 0.25) is 0 Å². The molecule has 108 valence electrons. The number of carbonyl (C=O) groups is 1. The fraction of sp³-hybridized carbons (Fsp3) is 0.316. The third-order valence-electron chi connectivity index (χ3n) is 4.45. The normalized spacial score (nSPS) is 22.1. The summed E-state index contributed by atoms with van der Waals surface area (Å²) >= 11 is 0. The van der Waals surface area contributed by atoms with Gasteiger partial charge in [0.25, 0.3) is 0 Å². The Balaban J connectivity index is 2.43. The largest absolute Gasteiger partial charge is 0.457 e. The highest BCUT2D eigenvalue weighted by molar-refractivity contribution is 5.99. The Kier molecular flexibility index (Phi) is 3.12. The minimum absolute atomic E-state index is 0.203. The number of hydrogen-bond donors (Lipinski definition) is 0. The zero-order chi connectivity index (χ0) is 15.3. The summed E-state index contributed by atoms with van der Waals surface area (Å²) in [6, 6.07) is 0. The van der Waals surface area contributed by atoms with Crippen LogP contribution in [0.25, 0.3) is 0 Å². The van der Waals surface area contributed by atoms with Crippen LogP contribution in [0.5, 0.6) is 0 Å². The fourth-order valence-electron chi connectivity index (χ4n) is 3.43. The highest BCUT2D eigenvalue weighted by Gasteiger charge is 2.32. The van der Waals surface area contributed by atoms with Crippen molar-refractivity contribution in [3.05, 3.63) is 68.4 Å². The van der Waals surface area contributed by atoms with E-state index in [0.717, 1.165) is 16.7 Å². The van der Waals surface area contributed by atoms with E-state index in [1.54, 1.807) is 0 Å². The summed E-state index contributed by atoms with van der Waals surface area (Å²) in [7, 11) is 0. The second kappa shape index (κ2) is 4.73. The predicted octanol–water partition coefficient (Wildman–Crippen LogP) is 4.34. The van der Waals surface area contributed by atoms with Gasteiger partial charge in [-0.05, 0) is 74.1 Å². The smallest absolute Gasteiger partial charge is 0.338 e. The first kappa shape index (κ1) is 13.9. The van der Waals surface area contributed by atoms with Crippen molar-refractivity contribution in [1.82, 2.24) is 0 Å². The molecule has 1 fully saturated rings. The Morgan fingerprint density at radius 1 is 0.905 bits per heavy atom. The molecule has 0 atom stereocenters. The van der Waals surface area contributed by atoms with Gasteiger partial charge in [-0.25, -0.2) is 4.79 Å². The van der Waals surface area contributed by atoms with Gasteiger partial charge in [-0.1, -0.05) is 17.7 Å². The summed E-state index contributed by atoms with van der Waals surface area (Å²) in [5, 5.41) is 0. The van der Waals surface area contributed by atoms with E-state index in [1.807, 2.05) is 6.08 Å². The molecule has 0 bridgehead atoms. The minimum atomic E-state index is -0.203. The van der Waals surface area contributed by atoms with E-state index in [-0.39, 0.29) is 5.97 Å². The summed E-state index contributed by atoms with van der Waals surface area (Å²) in [5.74, 6) is -0.203. The van der Waals surface area contributed by atoms with Crippen LogP contribution in [-0.2, 0) is 9.53 Å². The molecule has 0 aromatic carbocycles. The Hall–Kier alpha value is -2.09. The number of esters is 1. The van der Waals surface area contributed by atoms with Crippen LogP contribution >= 0.6 is 0 Å². The molecule has 3 rings (SSSR count). The van der Waals surface area contributed by atoms with E-state index in [0.29, 0.717) is 6.61 Å². The molecule has 2 nitrogen and oxygen atoms in total. The first-order chi connectivity index (χ1) is 9.90. The van der Waals surface area contributed by atoms with Crippen molar-refractivity contribution >= 4 is 5.97 Å². The molecule has 0 amide bonds. The number of fused-ring (bicyclic) bond motifs is 2. The molecule has 0 unspecified atom stereocenters. The first-order valence-electron chi connectivity index (χ1n) is 7.28. The van der Waals surface area contributed by atoms with Gasteiger partial charge in [0.2, 0.25) is 0 Å². The third-order valence-corrected chi connectivity index (χ3v) is 4.45. The molecule has 1 aliphatic heterocycles. The average Bonchev–Trinajstić information content (AvgIpc) is 2.63. The lowest BCUT2D eigenvalue weighted by Gasteiger charge is -2.17. The minimum Gasteiger partial charge on any atom is -0.457 e. The van der Waals surface area contributed by atoms with E-state index in [2.05, 4.69) is 46.8 Å². The van der Waals surface area contributed by atoms with Gasteiger partial charge in [0.05, 0.1) is 5.57 Å². The second-order valence-electron chi connectivity index (χ2n) is 6.07. The average molecular weight is 280 g/mol. The fourth-order valence-corrected chi connectivity index (χ4v) is 3.43. The quantitative estimate of drug-likeness (QED) is 0.617. The Bertz CT molecular complexity index is 746. The van der Waals surface area contributed by atoms with Gasteiger partial charge in [-0.3, -0.25) is 0 Å². The van der Waals surface area contributed by atoms with Gasteiger partial charge in [0, 0.05) is 5.57 Å². The van der Waals surface area contributed by atoms with E-state index in [1.165, 1.54) is 33.4 Å². The number of ether oxygens (including phenoxy) is 1. The van der Waals surface area contributed by atoms with Crippen LogP contribution in [0.1, 0.15) is 34.6 Å². The van der Waals surface area contributed by atoms with Crippen molar-refractivity contribution in [3.63, 3.8) is 0 Å². The Labute approximate surface area is 125 Å². The van der Waals surface area contributed by atoms with Crippen LogP contribution in [0.4, 0.5) is 0 Å². The van der Waals surface area contributed by atoms with Crippen molar-refractivity contribution < 1.29 is 9.53 Å². The maximum Gasteiger partial charge on any atom is 0.338 e. The lowest BCUT2D eigenvalue weighted by atomic mass is 9.87. The summed E-state index contributed by atoms with van der Waals surface area (Å²) in [6.07, 6.45) is 6.38. The maximum atomic E-state index is 12.0. The highest BCUT2D eigenvalue weighted by atomic mass is 16.5. The summed E-state index contributed by atoms with van der Waals surface area (Å²) < 4.78 is 5.28. The summed E-state index contributed by atoms with van der Waals surface area (Å²) in [5.41, 5.74) is 10.2. The van der Waals surface area contributed by atoms with E-state index >= 15 is 0 Å². The van der Waals surface area contributed by atoms with Gasteiger partial charge in [0.15, 0.2) is 0 Å². The maximum absolute atomic E-state index is 12.0. The van der Waals surface area contributed by atoms with Crippen LogP contribution in [0.15, 0.2) is 68.4 Å². The standard InChI is InChI=1S/C19H20O2/c1-10-6-12(3)17-14(5)11(2)8-15-16(9-21-19(15)20)18(17)13(4)7-10/h6-8H,9H2,1-5H3. The van der Waals surface area contributed by atoms with E-state index in [9.17, 15) is 4.79 Å². The zero-order valence-electron chi connectivity index (χ0n) is 13.3. The lowest BCUT2D eigenvalue weighted by molar-refractivity contribution is -0.134. The monoisotopic (exact) mass is 280 g/mol. The molecular weight excluding hydrogens is 260 g/mol. The number of hydrogen-bond acceptors (Lipinski definition) is 2. The number of carbonyl (C=O) groups excluding carboxylic acids is 1. The topological polar surface area (TPSA) is 26.3 Å². The van der Waals surface area contributed by atoms with Crippen LogP contribution in [-0.4, -0.2) is 12.6 Å². The van der Waals surface area contributed by atoms with Crippen molar-refractivity contribution in [2.75, 3.05) is 6.61 Å². The van der Waals surface area contributed by atoms with Crippen molar-refractivity contribution in [3.8, 4) is 0 Å². The number of allylic oxidation sites excluding steroid dienone is 10. The van der Waals surface area contributed by atoms with Crippen LogP contribution < -0.4 is 0 Å². The van der Waals surface area contributed by atoms with Crippen LogP contribution in [0, 0.1) is 0 Å². The van der Waals surface area contributed by atoms with Crippen molar-refractivity contribution in [1.29, 1.82) is 0 Å². The molecule has 2 aliphatic carbocycles. The molecule has 0 aromatic heterocycles. The highest BCUT2D eigenvalue weighted by Crippen LogP contribution is 2.42. The lowest BCUT2D eigenvalue weighted by Crippen LogP contribution is -2.01. The molecule has 0 aromatic rings. The van der Waals surface area contributed by atoms with Gasteiger partial charge in [-0.15, -0.1) is 0 Å². The van der Waals surface area contributed by atoms with Crippen molar-refractivity contribution in [2.24, 2.45) is 0 Å². The Morgan fingerprint density at radius 2 is 1.62 bits per heavy atom. The van der Waals surface area contributed by atoms with Crippen molar-refractivity contribution in [2.45, 2.75) is 34.6 Å². The molecule has 0 radical (unpaired) electrons. The van der Waals surface area contributed by atoms with Crippen LogP contribution in [0.3, 0.4) is 0 Å². The van der Waals surface area contributed by atoms with Gasteiger partial charge in [-0.2, -0.15) is 0 Å². The summed E-state index contributed by atoms with van der Waals surface area (Å²) in [4.78, 5) is 12.0. The predicted molar refractivity (Wildman–Crippen MR) is 84.7 cm³/mol. The number of cyclic esters (lactones) is 1. The molecule has 0 N–H and O–H groups in total. The third kappa shape index (κ3) is 2.06.